The number of rotatable bonds is 4. The monoisotopic (exact) mass is 334 g/mol. The minimum atomic E-state index is 0.0597. The fourth-order valence-corrected chi connectivity index (χ4v) is 4.45. The topological polar surface area (TPSA) is 40.6 Å². The Morgan fingerprint density at radius 2 is 1.38 bits per heavy atom. The Hall–Kier alpha value is -1.06. The van der Waals surface area contributed by atoms with Gasteiger partial charge in [0.25, 0.3) is 0 Å². The van der Waals surface area contributed by atoms with E-state index in [9.17, 15) is 9.59 Å². The molecule has 0 aromatic heterocycles. The Kier molecular flexibility index (Phi) is 5.51. The number of amides is 2. The highest BCUT2D eigenvalue weighted by Crippen LogP contribution is 2.37. The maximum absolute atomic E-state index is 13.2. The molecule has 2 amide bonds. The zero-order valence-corrected chi connectivity index (χ0v) is 15.7. The summed E-state index contributed by atoms with van der Waals surface area (Å²) >= 11 is 0. The predicted octanol–water partition coefficient (Wildman–Crippen LogP) is 3.45. The highest BCUT2D eigenvalue weighted by molar-refractivity contribution is 5.81. The van der Waals surface area contributed by atoms with E-state index < -0.39 is 0 Å². The minimum absolute atomic E-state index is 0.0597. The van der Waals surface area contributed by atoms with Crippen LogP contribution in [0, 0.1) is 17.8 Å². The lowest BCUT2D eigenvalue weighted by atomic mass is 9.85. The lowest BCUT2D eigenvalue weighted by Crippen LogP contribution is -2.49. The zero-order valence-electron chi connectivity index (χ0n) is 15.7. The number of likely N-dealkylation sites (tertiary alicyclic amines) is 1. The number of carbonyl (C=O) groups excluding carboxylic acids is 2. The van der Waals surface area contributed by atoms with E-state index in [2.05, 4.69) is 11.8 Å². The van der Waals surface area contributed by atoms with E-state index in [4.69, 9.17) is 0 Å². The van der Waals surface area contributed by atoms with Crippen LogP contribution in [0.3, 0.4) is 0 Å². The van der Waals surface area contributed by atoms with Gasteiger partial charge in [-0.3, -0.25) is 9.59 Å². The largest absolute Gasteiger partial charge is 0.342 e. The number of nitrogens with zero attached hydrogens (tertiary/aromatic N) is 2. The Bertz CT molecular complexity index is 456. The van der Waals surface area contributed by atoms with Crippen LogP contribution in [-0.2, 0) is 9.59 Å². The molecule has 2 saturated carbocycles. The molecular formula is C20H34N2O2. The average molecular weight is 335 g/mol. The van der Waals surface area contributed by atoms with E-state index in [1.54, 1.807) is 0 Å². The molecule has 0 aromatic rings. The quantitative estimate of drug-likeness (QED) is 0.790. The average Bonchev–Trinajstić information content (AvgIpc) is 3.41. The Balaban J connectivity index is 1.57. The first-order valence-corrected chi connectivity index (χ1v) is 10.1. The molecule has 0 aromatic carbocycles. The van der Waals surface area contributed by atoms with Crippen LogP contribution in [0.2, 0.25) is 0 Å². The zero-order chi connectivity index (χ0) is 17.3. The van der Waals surface area contributed by atoms with Crippen LogP contribution in [0.4, 0.5) is 0 Å². The van der Waals surface area contributed by atoms with Crippen LogP contribution in [0.25, 0.3) is 0 Å². The highest BCUT2D eigenvalue weighted by atomic mass is 16.2. The molecule has 1 saturated heterocycles. The summed E-state index contributed by atoms with van der Waals surface area (Å²) in [6, 6.07) is 1.00. The minimum Gasteiger partial charge on any atom is -0.342 e. The lowest BCUT2D eigenvalue weighted by molar-refractivity contribution is -0.144. The number of piperidine rings is 1. The predicted molar refractivity (Wildman–Crippen MR) is 95.4 cm³/mol. The summed E-state index contributed by atoms with van der Waals surface area (Å²) in [6.45, 7) is 7.76. The van der Waals surface area contributed by atoms with Gasteiger partial charge in [-0.15, -0.1) is 0 Å². The van der Waals surface area contributed by atoms with Gasteiger partial charge in [-0.2, -0.15) is 0 Å². The van der Waals surface area contributed by atoms with Crippen LogP contribution < -0.4 is 0 Å². The molecule has 0 bridgehead atoms. The van der Waals surface area contributed by atoms with Gasteiger partial charge >= 0.3 is 0 Å². The summed E-state index contributed by atoms with van der Waals surface area (Å²) in [4.78, 5) is 29.6. The van der Waals surface area contributed by atoms with Crippen LogP contribution in [0.15, 0.2) is 0 Å². The van der Waals surface area contributed by atoms with E-state index in [0.717, 1.165) is 31.8 Å². The SMILES string of the molecule is CC1CCC(N(C(=O)C2CCN(C(=O)C(C)C)CC2)C2CC2)CC1. The highest BCUT2D eigenvalue weighted by Gasteiger charge is 2.41. The molecule has 0 radical (unpaired) electrons. The van der Waals surface area contributed by atoms with Gasteiger partial charge in [-0.1, -0.05) is 20.8 Å². The Labute approximate surface area is 146 Å². The van der Waals surface area contributed by atoms with Crippen molar-refractivity contribution in [2.75, 3.05) is 13.1 Å². The second-order valence-corrected chi connectivity index (χ2v) is 8.64. The van der Waals surface area contributed by atoms with Crippen molar-refractivity contribution in [1.82, 2.24) is 9.80 Å². The van der Waals surface area contributed by atoms with Gasteiger partial charge in [-0.25, -0.2) is 0 Å². The molecule has 0 spiro atoms. The molecule has 0 unspecified atom stereocenters. The van der Waals surface area contributed by atoms with E-state index in [1.165, 1.54) is 38.5 Å². The molecule has 0 N–H and O–H groups in total. The Morgan fingerprint density at radius 1 is 0.875 bits per heavy atom. The fourth-order valence-electron chi connectivity index (χ4n) is 4.45. The first-order valence-electron chi connectivity index (χ1n) is 10.1. The fraction of sp³-hybridized carbons (Fsp3) is 0.900. The van der Waals surface area contributed by atoms with Crippen molar-refractivity contribution in [3.8, 4) is 0 Å². The number of carbonyl (C=O) groups is 2. The van der Waals surface area contributed by atoms with Crippen molar-refractivity contribution < 1.29 is 9.59 Å². The molecule has 3 aliphatic rings. The first kappa shape index (κ1) is 17.8. The maximum Gasteiger partial charge on any atom is 0.226 e. The second-order valence-electron chi connectivity index (χ2n) is 8.64. The van der Waals surface area contributed by atoms with Crippen LogP contribution in [0.1, 0.15) is 72.1 Å². The molecule has 2 aliphatic carbocycles. The van der Waals surface area contributed by atoms with E-state index in [0.29, 0.717) is 18.0 Å². The molecule has 3 rings (SSSR count). The number of hydrogen-bond donors (Lipinski definition) is 0. The molecule has 4 nitrogen and oxygen atoms in total. The summed E-state index contributed by atoms with van der Waals surface area (Å²) in [5.41, 5.74) is 0. The summed E-state index contributed by atoms with van der Waals surface area (Å²) in [5, 5.41) is 0. The van der Waals surface area contributed by atoms with Gasteiger partial charge in [0.1, 0.15) is 0 Å². The van der Waals surface area contributed by atoms with E-state index in [1.807, 2.05) is 18.7 Å². The van der Waals surface area contributed by atoms with Crippen LogP contribution in [0.5, 0.6) is 0 Å². The molecule has 24 heavy (non-hydrogen) atoms. The van der Waals surface area contributed by atoms with Gasteiger partial charge in [0, 0.05) is 37.0 Å². The molecular weight excluding hydrogens is 300 g/mol. The molecule has 1 heterocycles. The van der Waals surface area contributed by atoms with Crippen molar-refractivity contribution >= 4 is 11.8 Å². The third-order valence-electron chi connectivity index (χ3n) is 6.22. The first-order chi connectivity index (χ1) is 11.5. The summed E-state index contributed by atoms with van der Waals surface area (Å²) in [5.74, 6) is 1.66. The van der Waals surface area contributed by atoms with E-state index in [-0.39, 0.29) is 17.7 Å². The van der Waals surface area contributed by atoms with Gasteiger partial charge in [0.05, 0.1) is 0 Å². The summed E-state index contributed by atoms with van der Waals surface area (Å²) < 4.78 is 0. The van der Waals surface area contributed by atoms with Crippen molar-refractivity contribution in [2.24, 2.45) is 17.8 Å². The lowest BCUT2D eigenvalue weighted by Gasteiger charge is -2.40. The van der Waals surface area contributed by atoms with Crippen LogP contribution in [-0.4, -0.2) is 46.8 Å². The third kappa shape index (κ3) is 3.94. The molecule has 1 aliphatic heterocycles. The summed E-state index contributed by atoms with van der Waals surface area (Å²) in [7, 11) is 0. The molecule has 136 valence electrons. The number of hydrogen-bond acceptors (Lipinski definition) is 2. The van der Waals surface area contributed by atoms with Crippen molar-refractivity contribution in [2.45, 2.75) is 84.2 Å². The smallest absolute Gasteiger partial charge is 0.226 e. The van der Waals surface area contributed by atoms with Crippen LogP contribution >= 0.6 is 0 Å². The van der Waals surface area contributed by atoms with Gasteiger partial charge in [0.15, 0.2) is 0 Å². The van der Waals surface area contributed by atoms with Crippen molar-refractivity contribution in [3.63, 3.8) is 0 Å². The van der Waals surface area contributed by atoms with Crippen molar-refractivity contribution in [1.29, 1.82) is 0 Å². The molecule has 4 heteroatoms. The normalized spacial score (nSPS) is 28.9. The Morgan fingerprint density at radius 3 is 1.83 bits per heavy atom. The maximum atomic E-state index is 13.2. The molecule has 3 fully saturated rings. The van der Waals surface area contributed by atoms with Gasteiger partial charge in [0.2, 0.25) is 11.8 Å². The van der Waals surface area contributed by atoms with Gasteiger partial charge in [-0.05, 0) is 57.3 Å². The standard InChI is InChI=1S/C20H34N2O2/c1-14(2)19(23)21-12-10-16(11-13-21)20(24)22(18-8-9-18)17-6-4-15(3)5-7-17/h14-18H,4-13H2,1-3H3. The third-order valence-corrected chi connectivity index (χ3v) is 6.22. The van der Waals surface area contributed by atoms with Gasteiger partial charge < -0.3 is 9.80 Å². The van der Waals surface area contributed by atoms with Crippen molar-refractivity contribution in [3.05, 3.63) is 0 Å². The molecule has 0 atom stereocenters. The second kappa shape index (κ2) is 7.45. The summed E-state index contributed by atoms with van der Waals surface area (Å²) in [6.07, 6.45) is 9.01. The van der Waals surface area contributed by atoms with E-state index >= 15 is 0 Å².